The van der Waals surface area contributed by atoms with Gasteiger partial charge in [0, 0.05) is 24.7 Å². The largest absolute Gasteiger partial charge is 0.497 e. The number of ether oxygens (including phenoxy) is 1. The molecule has 4 heteroatoms. The first-order valence-electron chi connectivity index (χ1n) is 10.8. The van der Waals surface area contributed by atoms with Crippen LogP contribution >= 0.6 is 0 Å². The molecule has 1 heterocycles. The van der Waals surface area contributed by atoms with E-state index in [1.165, 1.54) is 18.4 Å². The van der Waals surface area contributed by atoms with Crippen LogP contribution in [-0.2, 0) is 0 Å². The molecule has 0 saturated carbocycles. The van der Waals surface area contributed by atoms with Crippen LogP contribution in [0.5, 0.6) is 5.75 Å². The predicted molar refractivity (Wildman–Crippen MR) is 124 cm³/mol. The Balaban J connectivity index is 1.80. The normalized spacial score (nSPS) is 17.2. The van der Waals surface area contributed by atoms with E-state index in [-0.39, 0.29) is 5.91 Å². The van der Waals surface area contributed by atoms with E-state index in [1.54, 1.807) is 7.11 Å². The Hall–Kier alpha value is -2.59. The minimum Gasteiger partial charge on any atom is -0.497 e. The van der Waals surface area contributed by atoms with E-state index in [9.17, 15) is 4.79 Å². The monoisotopic (exact) mass is 406 g/mol. The summed E-state index contributed by atoms with van der Waals surface area (Å²) in [6.07, 6.45) is 5.63. The maximum absolute atomic E-state index is 13.5. The van der Waals surface area contributed by atoms with Gasteiger partial charge in [0.15, 0.2) is 0 Å². The summed E-state index contributed by atoms with van der Waals surface area (Å²) in [5.41, 5.74) is 4.06. The molecule has 1 aliphatic rings. The first-order valence-corrected chi connectivity index (χ1v) is 10.8. The van der Waals surface area contributed by atoms with E-state index >= 15 is 0 Å². The number of aryl methyl sites for hydroxylation is 1. The molecule has 0 N–H and O–H groups in total. The van der Waals surface area contributed by atoms with Gasteiger partial charge in [0.25, 0.3) is 5.91 Å². The Labute approximate surface area is 181 Å². The number of carbonyl (C=O) groups excluding carboxylic acids is 1. The third kappa shape index (κ3) is 5.96. The van der Waals surface area contributed by atoms with Crippen molar-refractivity contribution in [1.82, 2.24) is 9.80 Å². The molecule has 1 fully saturated rings. The molecule has 0 radical (unpaired) electrons. The van der Waals surface area contributed by atoms with Gasteiger partial charge in [-0.1, -0.05) is 42.0 Å². The zero-order valence-electron chi connectivity index (χ0n) is 18.7. The van der Waals surface area contributed by atoms with Crippen molar-refractivity contribution in [2.75, 3.05) is 33.8 Å². The highest BCUT2D eigenvalue weighted by atomic mass is 16.5. The highest BCUT2D eigenvalue weighted by Crippen LogP contribution is 2.22. The molecule has 160 valence electrons. The number of benzene rings is 2. The van der Waals surface area contributed by atoms with Crippen molar-refractivity contribution < 1.29 is 9.53 Å². The maximum Gasteiger partial charge on any atom is 0.254 e. The minimum atomic E-state index is 0.0680. The van der Waals surface area contributed by atoms with Gasteiger partial charge in [-0.25, -0.2) is 0 Å². The molecular formula is C26H34N2O2. The second-order valence-corrected chi connectivity index (χ2v) is 8.43. The predicted octanol–water partition coefficient (Wildman–Crippen LogP) is 5.03. The molecule has 1 amide bonds. The number of hydrogen-bond donors (Lipinski definition) is 0. The smallest absolute Gasteiger partial charge is 0.254 e. The summed E-state index contributed by atoms with van der Waals surface area (Å²) in [6.45, 7) is 6.63. The summed E-state index contributed by atoms with van der Waals surface area (Å²) >= 11 is 0. The molecule has 0 spiro atoms. The Morgan fingerprint density at radius 1 is 1.23 bits per heavy atom. The van der Waals surface area contributed by atoms with Gasteiger partial charge in [0.2, 0.25) is 0 Å². The van der Waals surface area contributed by atoms with Crippen LogP contribution in [0.3, 0.4) is 0 Å². The quantitative estimate of drug-likeness (QED) is 0.616. The van der Waals surface area contributed by atoms with Crippen molar-refractivity contribution in [1.29, 1.82) is 0 Å². The van der Waals surface area contributed by atoms with E-state index in [4.69, 9.17) is 4.74 Å². The summed E-state index contributed by atoms with van der Waals surface area (Å²) in [5, 5.41) is 0. The lowest BCUT2D eigenvalue weighted by molar-refractivity contribution is 0.0757. The fourth-order valence-electron chi connectivity index (χ4n) is 4.25. The Bertz CT molecular complexity index is 876. The molecule has 4 nitrogen and oxygen atoms in total. The molecule has 0 aliphatic carbocycles. The van der Waals surface area contributed by atoms with E-state index in [1.807, 2.05) is 48.2 Å². The standard InChI is InChI=1S/C26H34N2O2/c1-20-16-23(18-25(17-20)30-4)26(29)28(14-12-24-11-8-13-27(24)3)19-21(2)15-22-9-6-5-7-10-22/h5-7,9-10,15-18,24H,8,11-14,19H2,1-4H3/b21-15+. The molecule has 2 aromatic carbocycles. The van der Waals surface area contributed by atoms with Gasteiger partial charge >= 0.3 is 0 Å². The van der Waals surface area contributed by atoms with Crippen LogP contribution in [0.25, 0.3) is 6.08 Å². The van der Waals surface area contributed by atoms with Gasteiger partial charge in [0.1, 0.15) is 5.75 Å². The second-order valence-electron chi connectivity index (χ2n) is 8.43. The number of hydrogen-bond acceptors (Lipinski definition) is 3. The molecule has 1 atom stereocenters. The van der Waals surface area contributed by atoms with Crippen LogP contribution in [0.15, 0.2) is 54.1 Å². The van der Waals surface area contributed by atoms with E-state index in [0.29, 0.717) is 18.2 Å². The topological polar surface area (TPSA) is 32.8 Å². The molecule has 30 heavy (non-hydrogen) atoms. The number of carbonyl (C=O) groups is 1. The molecule has 1 aliphatic heterocycles. The van der Waals surface area contributed by atoms with Gasteiger partial charge in [-0.15, -0.1) is 0 Å². The van der Waals surface area contributed by atoms with Crippen molar-refractivity contribution >= 4 is 12.0 Å². The zero-order valence-corrected chi connectivity index (χ0v) is 18.7. The molecule has 0 bridgehead atoms. The SMILES string of the molecule is COc1cc(C)cc(C(=O)N(CCC2CCCN2C)C/C(C)=C/c2ccccc2)c1. The third-order valence-corrected chi connectivity index (χ3v) is 5.88. The highest BCUT2D eigenvalue weighted by Gasteiger charge is 2.24. The second kappa shape index (κ2) is 10.4. The zero-order chi connectivity index (χ0) is 21.5. The number of nitrogens with zero attached hydrogens (tertiary/aromatic N) is 2. The van der Waals surface area contributed by atoms with Gasteiger partial charge in [-0.2, -0.15) is 0 Å². The van der Waals surface area contributed by atoms with Gasteiger partial charge in [0.05, 0.1) is 7.11 Å². The number of amides is 1. The third-order valence-electron chi connectivity index (χ3n) is 5.88. The van der Waals surface area contributed by atoms with Crippen LogP contribution in [0, 0.1) is 6.92 Å². The van der Waals surface area contributed by atoms with Crippen molar-refractivity contribution in [2.24, 2.45) is 0 Å². The number of rotatable bonds is 8. The molecule has 2 aromatic rings. The van der Waals surface area contributed by atoms with Gasteiger partial charge in [-0.3, -0.25) is 4.79 Å². The lowest BCUT2D eigenvalue weighted by Crippen LogP contribution is -2.37. The van der Waals surface area contributed by atoms with Crippen molar-refractivity contribution in [3.63, 3.8) is 0 Å². The molecular weight excluding hydrogens is 372 g/mol. The van der Waals surface area contributed by atoms with Crippen molar-refractivity contribution in [2.45, 2.75) is 39.2 Å². The summed E-state index contributed by atoms with van der Waals surface area (Å²) < 4.78 is 5.39. The van der Waals surface area contributed by atoms with Crippen LogP contribution in [0.1, 0.15) is 47.7 Å². The van der Waals surface area contributed by atoms with E-state index < -0.39 is 0 Å². The highest BCUT2D eigenvalue weighted by molar-refractivity contribution is 5.95. The maximum atomic E-state index is 13.5. The molecule has 1 saturated heterocycles. The Kier molecular flexibility index (Phi) is 7.69. The van der Waals surface area contributed by atoms with E-state index in [2.05, 4.69) is 37.1 Å². The fraction of sp³-hybridized carbons (Fsp3) is 0.423. The minimum absolute atomic E-state index is 0.0680. The van der Waals surface area contributed by atoms with Gasteiger partial charge < -0.3 is 14.5 Å². The van der Waals surface area contributed by atoms with Gasteiger partial charge in [-0.05, 0) is 76.0 Å². The average molecular weight is 407 g/mol. The molecule has 1 unspecified atom stereocenters. The lowest BCUT2D eigenvalue weighted by Gasteiger charge is -2.27. The van der Waals surface area contributed by atoms with Crippen LogP contribution in [0.2, 0.25) is 0 Å². The average Bonchev–Trinajstić information content (AvgIpc) is 3.15. The summed E-state index contributed by atoms with van der Waals surface area (Å²) in [4.78, 5) is 17.9. The number of methoxy groups -OCH3 is 1. The summed E-state index contributed by atoms with van der Waals surface area (Å²) in [5.74, 6) is 0.795. The van der Waals surface area contributed by atoms with Crippen LogP contribution < -0.4 is 4.74 Å². The summed E-state index contributed by atoms with van der Waals surface area (Å²) in [7, 11) is 3.83. The fourth-order valence-corrected chi connectivity index (χ4v) is 4.25. The van der Waals surface area contributed by atoms with Crippen molar-refractivity contribution in [3.05, 3.63) is 70.8 Å². The summed E-state index contributed by atoms with van der Waals surface area (Å²) in [6, 6.07) is 16.6. The van der Waals surface area contributed by atoms with Crippen molar-refractivity contribution in [3.8, 4) is 5.75 Å². The van der Waals surface area contributed by atoms with Crippen LogP contribution in [0.4, 0.5) is 0 Å². The molecule has 0 aromatic heterocycles. The Morgan fingerprint density at radius 3 is 2.67 bits per heavy atom. The first-order chi connectivity index (χ1) is 14.5. The van der Waals surface area contributed by atoms with E-state index in [0.717, 1.165) is 36.4 Å². The number of likely N-dealkylation sites (tertiary alicyclic amines) is 1. The Morgan fingerprint density at radius 2 is 2.00 bits per heavy atom. The van der Waals surface area contributed by atoms with Crippen LogP contribution in [-0.4, -0.2) is 55.5 Å². The first kappa shape index (κ1) is 22.1. The molecule has 3 rings (SSSR count). The lowest BCUT2D eigenvalue weighted by atomic mass is 10.1.